The van der Waals surface area contributed by atoms with Gasteiger partial charge < -0.3 is 10.1 Å². The van der Waals surface area contributed by atoms with Crippen molar-refractivity contribution in [1.82, 2.24) is 9.62 Å². The minimum absolute atomic E-state index is 0.0453. The number of aliphatic imine (C=N–C) groups is 1. The molecule has 2 aliphatic heterocycles. The van der Waals surface area contributed by atoms with Crippen molar-refractivity contribution in [3.05, 3.63) is 64.9 Å². The number of carbonyl (C=O) groups is 2. The van der Waals surface area contributed by atoms with Gasteiger partial charge in [-0.05, 0) is 61.3 Å². The number of nitrogens with zero attached hydrogens (tertiary/aromatic N) is 2. The second-order valence-electron chi connectivity index (χ2n) is 8.13. The van der Waals surface area contributed by atoms with Gasteiger partial charge in [-0.15, -0.1) is 0 Å². The van der Waals surface area contributed by atoms with Gasteiger partial charge in [-0.3, -0.25) is 9.59 Å². The van der Waals surface area contributed by atoms with Crippen molar-refractivity contribution < 1.29 is 22.7 Å². The van der Waals surface area contributed by atoms with E-state index in [9.17, 15) is 18.0 Å². The van der Waals surface area contributed by atoms with Crippen molar-refractivity contribution in [2.75, 3.05) is 26.3 Å². The molecule has 0 spiro atoms. The topological polar surface area (TPSA) is 105 Å². The Kier molecular flexibility index (Phi) is 5.40. The minimum atomic E-state index is -3.62. The van der Waals surface area contributed by atoms with Crippen LogP contribution in [-0.4, -0.2) is 56.6 Å². The summed E-state index contributed by atoms with van der Waals surface area (Å²) < 4.78 is 32.0. The van der Waals surface area contributed by atoms with E-state index in [-0.39, 0.29) is 16.7 Å². The summed E-state index contributed by atoms with van der Waals surface area (Å²) in [5.41, 5.74) is 3.55. The standard InChI is InChI=1S/C23H23N3O5S/c27-22(15-4-7-17(8-5-15)32(29,30)26-10-12-31-13-11-26)24-16-6-9-19-18-2-1-3-20(18)23(28)25-21(19)14-16/h4-9,14,19H,1-3,10-13H2,(H,25,28). The fraction of sp³-hybridized carbons (Fsp3) is 0.348. The molecule has 1 aromatic carbocycles. The molecule has 2 aliphatic carbocycles. The lowest BCUT2D eigenvalue weighted by Gasteiger charge is -2.28. The molecule has 1 saturated heterocycles. The quantitative estimate of drug-likeness (QED) is 0.753. The SMILES string of the molecule is O=C1NC2=CC(=NC(=O)c3ccc(S(=O)(=O)N4CCOCC4)cc3)C=CC2C2=C1CCC2. The largest absolute Gasteiger partial charge is 0.379 e. The Balaban J connectivity index is 1.33. The van der Waals surface area contributed by atoms with Crippen molar-refractivity contribution in [3.8, 4) is 0 Å². The van der Waals surface area contributed by atoms with E-state index in [1.165, 1.54) is 34.1 Å². The number of morpholine rings is 1. The number of amides is 2. The van der Waals surface area contributed by atoms with E-state index in [1.54, 1.807) is 12.2 Å². The van der Waals surface area contributed by atoms with E-state index in [0.29, 0.717) is 37.6 Å². The van der Waals surface area contributed by atoms with Gasteiger partial charge in [0, 0.05) is 35.8 Å². The number of nitrogens with one attached hydrogen (secondary N) is 1. The highest BCUT2D eigenvalue weighted by molar-refractivity contribution is 7.89. The van der Waals surface area contributed by atoms with E-state index in [4.69, 9.17) is 4.74 Å². The second kappa shape index (κ2) is 8.23. The molecule has 2 amide bonds. The van der Waals surface area contributed by atoms with E-state index >= 15 is 0 Å². The van der Waals surface area contributed by atoms with Gasteiger partial charge in [0.25, 0.3) is 11.8 Å². The fourth-order valence-electron chi connectivity index (χ4n) is 4.55. The molecule has 8 nitrogen and oxygen atoms in total. The highest BCUT2D eigenvalue weighted by Crippen LogP contribution is 2.39. The first-order chi connectivity index (χ1) is 15.4. The molecule has 1 aromatic rings. The number of sulfonamides is 1. The molecule has 0 saturated carbocycles. The Morgan fingerprint density at radius 3 is 2.62 bits per heavy atom. The molecule has 1 N–H and O–H groups in total. The number of rotatable bonds is 3. The Hall–Kier alpha value is -2.88. The zero-order valence-corrected chi connectivity index (χ0v) is 18.2. The summed E-state index contributed by atoms with van der Waals surface area (Å²) in [5, 5.41) is 2.93. The summed E-state index contributed by atoms with van der Waals surface area (Å²) in [5.74, 6) is -0.486. The number of hydrogen-bond donors (Lipinski definition) is 1. The predicted octanol–water partition coefficient (Wildman–Crippen LogP) is 1.97. The molecule has 32 heavy (non-hydrogen) atoms. The summed E-state index contributed by atoms with van der Waals surface area (Å²) in [6.45, 7) is 1.37. The maximum atomic E-state index is 12.7. The van der Waals surface area contributed by atoms with Crippen LogP contribution in [0.5, 0.6) is 0 Å². The molecule has 5 rings (SSSR count). The van der Waals surface area contributed by atoms with Gasteiger partial charge >= 0.3 is 0 Å². The maximum Gasteiger partial charge on any atom is 0.277 e. The molecule has 0 aromatic heterocycles. The number of allylic oxidation sites excluding steroid dienone is 3. The molecule has 9 heteroatoms. The van der Waals surface area contributed by atoms with Crippen molar-refractivity contribution in [2.45, 2.75) is 24.2 Å². The maximum absolute atomic E-state index is 12.7. The summed E-state index contributed by atoms with van der Waals surface area (Å²) in [7, 11) is -3.62. The number of ether oxygens (including phenoxy) is 1. The fourth-order valence-corrected chi connectivity index (χ4v) is 5.95. The van der Waals surface area contributed by atoms with Crippen LogP contribution in [0.3, 0.4) is 0 Å². The molecule has 1 atom stereocenters. The monoisotopic (exact) mass is 453 g/mol. The Bertz CT molecular complexity index is 1200. The smallest absolute Gasteiger partial charge is 0.277 e. The van der Waals surface area contributed by atoms with Gasteiger partial charge in [0.2, 0.25) is 10.0 Å². The Morgan fingerprint density at radius 1 is 1.12 bits per heavy atom. The van der Waals surface area contributed by atoms with Crippen molar-refractivity contribution in [1.29, 1.82) is 0 Å². The van der Waals surface area contributed by atoms with Gasteiger partial charge in [0.15, 0.2) is 0 Å². The second-order valence-corrected chi connectivity index (χ2v) is 10.1. The Morgan fingerprint density at radius 2 is 1.88 bits per heavy atom. The van der Waals surface area contributed by atoms with Crippen LogP contribution in [0, 0.1) is 5.92 Å². The molecule has 4 aliphatic rings. The van der Waals surface area contributed by atoms with E-state index in [1.807, 2.05) is 6.08 Å². The molecule has 0 bridgehead atoms. The minimum Gasteiger partial charge on any atom is -0.379 e. The first kappa shape index (κ1) is 21.0. The van der Waals surface area contributed by atoms with Crippen molar-refractivity contribution in [2.24, 2.45) is 10.9 Å². The van der Waals surface area contributed by atoms with Crippen LogP contribution < -0.4 is 5.32 Å². The molecule has 1 fully saturated rings. The van der Waals surface area contributed by atoms with Crippen LogP contribution in [0.15, 0.2) is 69.2 Å². The summed E-state index contributed by atoms with van der Waals surface area (Å²) in [6, 6.07) is 5.80. The van der Waals surface area contributed by atoms with Crippen LogP contribution >= 0.6 is 0 Å². The van der Waals surface area contributed by atoms with Crippen LogP contribution in [0.2, 0.25) is 0 Å². The van der Waals surface area contributed by atoms with Gasteiger partial charge in [-0.1, -0.05) is 6.08 Å². The van der Waals surface area contributed by atoms with Crippen molar-refractivity contribution in [3.63, 3.8) is 0 Å². The summed E-state index contributed by atoms with van der Waals surface area (Å²) in [6.07, 6.45) is 8.23. The molecular weight excluding hydrogens is 430 g/mol. The van der Waals surface area contributed by atoms with E-state index < -0.39 is 15.9 Å². The summed E-state index contributed by atoms with van der Waals surface area (Å²) in [4.78, 5) is 29.3. The lowest BCUT2D eigenvalue weighted by Crippen LogP contribution is -2.40. The van der Waals surface area contributed by atoms with E-state index in [0.717, 1.165) is 30.5 Å². The number of benzene rings is 1. The van der Waals surface area contributed by atoms with Crippen LogP contribution in [0.4, 0.5) is 0 Å². The van der Waals surface area contributed by atoms with Gasteiger partial charge in [0.05, 0.1) is 23.8 Å². The lowest BCUT2D eigenvalue weighted by atomic mass is 9.85. The predicted molar refractivity (Wildman–Crippen MR) is 118 cm³/mol. The number of hydrogen-bond acceptors (Lipinski definition) is 5. The van der Waals surface area contributed by atoms with Crippen LogP contribution in [0.1, 0.15) is 29.6 Å². The molecule has 166 valence electrons. The molecule has 1 unspecified atom stereocenters. The highest BCUT2D eigenvalue weighted by atomic mass is 32.2. The molecular formula is C23H23N3O5S. The number of carbonyl (C=O) groups excluding carboxylic acids is 2. The third-order valence-corrected chi connectivity index (χ3v) is 8.12. The number of fused-ring (bicyclic) bond motifs is 2. The zero-order valence-electron chi connectivity index (χ0n) is 17.4. The van der Waals surface area contributed by atoms with Crippen LogP contribution in [0.25, 0.3) is 0 Å². The lowest BCUT2D eigenvalue weighted by molar-refractivity contribution is -0.117. The van der Waals surface area contributed by atoms with E-state index in [2.05, 4.69) is 10.3 Å². The third-order valence-electron chi connectivity index (χ3n) is 6.21. The zero-order chi connectivity index (χ0) is 22.3. The average Bonchev–Trinajstić information content (AvgIpc) is 3.31. The normalized spacial score (nSPS) is 24.8. The van der Waals surface area contributed by atoms with Crippen molar-refractivity contribution >= 4 is 27.5 Å². The third kappa shape index (κ3) is 3.76. The first-order valence-corrected chi connectivity index (χ1v) is 12.1. The van der Waals surface area contributed by atoms with Crippen LogP contribution in [-0.2, 0) is 19.6 Å². The van der Waals surface area contributed by atoms with Gasteiger partial charge in [0.1, 0.15) is 0 Å². The Labute approximate surface area is 186 Å². The first-order valence-electron chi connectivity index (χ1n) is 10.7. The average molecular weight is 454 g/mol. The molecule has 0 radical (unpaired) electrons. The molecule has 2 heterocycles. The highest BCUT2D eigenvalue weighted by Gasteiger charge is 2.34. The van der Waals surface area contributed by atoms with Gasteiger partial charge in [-0.2, -0.15) is 4.31 Å². The van der Waals surface area contributed by atoms with Gasteiger partial charge in [-0.25, -0.2) is 13.4 Å². The summed E-state index contributed by atoms with van der Waals surface area (Å²) >= 11 is 0.